The molecule has 19 heavy (non-hydrogen) atoms. The number of amides is 1. The first kappa shape index (κ1) is 13.4. The highest BCUT2D eigenvalue weighted by Gasteiger charge is 2.38. The molecule has 2 atom stereocenters. The average Bonchev–Trinajstić information content (AvgIpc) is 2.73. The van der Waals surface area contributed by atoms with Gasteiger partial charge in [-0.2, -0.15) is 0 Å². The fourth-order valence-electron chi connectivity index (χ4n) is 2.51. The molecule has 0 aromatic heterocycles. The number of esters is 1. The largest absolute Gasteiger partial charge is 0.465 e. The van der Waals surface area contributed by atoms with Gasteiger partial charge in [-0.05, 0) is 12.0 Å². The minimum absolute atomic E-state index is 0.302. The average molecular weight is 263 g/mol. The molecule has 1 aromatic carbocycles. The number of nitrogens with zero attached hydrogens (tertiary/aromatic N) is 1. The van der Waals surface area contributed by atoms with E-state index in [0.29, 0.717) is 19.4 Å². The molecule has 0 saturated carbocycles. The van der Waals surface area contributed by atoms with Crippen LogP contribution in [-0.4, -0.2) is 40.8 Å². The molecule has 1 aromatic rings. The van der Waals surface area contributed by atoms with E-state index in [1.807, 2.05) is 30.3 Å². The number of carboxylic acid groups (broad SMARTS) is 1. The quantitative estimate of drug-likeness (QED) is 0.846. The SMILES string of the molecule is CC(=O)O[C@H]1CCN(C(=O)O)C1Cc1ccccc1. The molecule has 1 aliphatic heterocycles. The number of hydrogen-bond donors (Lipinski definition) is 1. The molecule has 102 valence electrons. The summed E-state index contributed by atoms with van der Waals surface area (Å²) in [5.74, 6) is -0.365. The van der Waals surface area contributed by atoms with Crippen LogP contribution in [-0.2, 0) is 16.0 Å². The molecule has 1 aliphatic rings. The van der Waals surface area contributed by atoms with Crippen molar-refractivity contribution >= 4 is 12.1 Å². The number of ether oxygens (including phenoxy) is 1. The number of carbonyl (C=O) groups is 2. The molecule has 2 rings (SSSR count). The van der Waals surface area contributed by atoms with E-state index < -0.39 is 6.09 Å². The maximum absolute atomic E-state index is 11.2. The summed E-state index contributed by atoms with van der Waals surface area (Å²) < 4.78 is 5.23. The molecule has 0 bridgehead atoms. The van der Waals surface area contributed by atoms with Crippen molar-refractivity contribution in [2.45, 2.75) is 31.9 Å². The lowest BCUT2D eigenvalue weighted by molar-refractivity contribution is -0.147. The molecular weight excluding hydrogens is 246 g/mol. The summed E-state index contributed by atoms with van der Waals surface area (Å²) in [5, 5.41) is 9.20. The third-order valence-corrected chi connectivity index (χ3v) is 3.33. The lowest BCUT2D eigenvalue weighted by Crippen LogP contribution is -2.41. The minimum atomic E-state index is -0.962. The number of carbonyl (C=O) groups excluding carboxylic acids is 1. The zero-order valence-corrected chi connectivity index (χ0v) is 10.8. The van der Waals surface area contributed by atoms with Crippen molar-refractivity contribution in [3.63, 3.8) is 0 Å². The van der Waals surface area contributed by atoms with E-state index in [2.05, 4.69) is 0 Å². The van der Waals surface area contributed by atoms with E-state index in [9.17, 15) is 14.7 Å². The van der Waals surface area contributed by atoms with Gasteiger partial charge in [0.2, 0.25) is 0 Å². The third kappa shape index (κ3) is 3.24. The number of rotatable bonds is 3. The fraction of sp³-hybridized carbons (Fsp3) is 0.429. The van der Waals surface area contributed by atoms with Crippen LogP contribution in [0.4, 0.5) is 4.79 Å². The molecule has 1 N–H and O–H groups in total. The van der Waals surface area contributed by atoms with Crippen molar-refractivity contribution in [1.82, 2.24) is 4.90 Å². The molecule has 1 heterocycles. The fourth-order valence-corrected chi connectivity index (χ4v) is 2.51. The molecule has 1 fully saturated rings. The number of hydrogen-bond acceptors (Lipinski definition) is 3. The second-order valence-corrected chi connectivity index (χ2v) is 4.67. The highest BCUT2D eigenvalue weighted by atomic mass is 16.5. The summed E-state index contributed by atoms with van der Waals surface area (Å²) in [6, 6.07) is 9.33. The van der Waals surface area contributed by atoms with Gasteiger partial charge in [-0.1, -0.05) is 30.3 Å². The second-order valence-electron chi connectivity index (χ2n) is 4.67. The molecule has 1 saturated heterocycles. The van der Waals surface area contributed by atoms with Crippen LogP contribution in [0.3, 0.4) is 0 Å². The Morgan fingerprint density at radius 3 is 2.63 bits per heavy atom. The van der Waals surface area contributed by atoms with Gasteiger partial charge in [0.05, 0.1) is 6.04 Å². The van der Waals surface area contributed by atoms with Gasteiger partial charge in [0.25, 0.3) is 0 Å². The van der Waals surface area contributed by atoms with Gasteiger partial charge >= 0.3 is 12.1 Å². The Kier molecular flexibility index (Phi) is 4.04. The second kappa shape index (κ2) is 5.73. The first-order valence-electron chi connectivity index (χ1n) is 6.28. The van der Waals surface area contributed by atoms with Gasteiger partial charge in [0, 0.05) is 19.9 Å². The summed E-state index contributed by atoms with van der Waals surface area (Å²) in [6.45, 7) is 1.76. The zero-order valence-electron chi connectivity index (χ0n) is 10.8. The van der Waals surface area contributed by atoms with Gasteiger partial charge in [0.15, 0.2) is 0 Å². The minimum Gasteiger partial charge on any atom is -0.465 e. The van der Waals surface area contributed by atoms with Crippen molar-refractivity contribution in [3.05, 3.63) is 35.9 Å². The lowest BCUT2D eigenvalue weighted by atomic mass is 10.0. The van der Waals surface area contributed by atoms with E-state index in [-0.39, 0.29) is 18.1 Å². The molecule has 5 nitrogen and oxygen atoms in total. The first-order valence-corrected chi connectivity index (χ1v) is 6.28. The van der Waals surface area contributed by atoms with Crippen molar-refractivity contribution in [1.29, 1.82) is 0 Å². The predicted octanol–water partition coefficient (Wildman–Crippen LogP) is 1.91. The van der Waals surface area contributed by atoms with Crippen LogP contribution in [0.5, 0.6) is 0 Å². The van der Waals surface area contributed by atoms with Crippen LogP contribution >= 0.6 is 0 Å². The van der Waals surface area contributed by atoms with Crippen molar-refractivity contribution in [2.75, 3.05) is 6.54 Å². The van der Waals surface area contributed by atoms with Crippen molar-refractivity contribution < 1.29 is 19.4 Å². The van der Waals surface area contributed by atoms with Crippen LogP contribution in [0.15, 0.2) is 30.3 Å². The normalized spacial score (nSPS) is 22.3. The van der Waals surface area contributed by atoms with Gasteiger partial charge in [-0.25, -0.2) is 4.79 Å². The Bertz CT molecular complexity index is 460. The summed E-state index contributed by atoms with van der Waals surface area (Å²) in [5.41, 5.74) is 1.04. The Balaban J connectivity index is 2.14. The Morgan fingerprint density at radius 1 is 1.37 bits per heavy atom. The van der Waals surface area contributed by atoms with Crippen LogP contribution in [0.2, 0.25) is 0 Å². The molecule has 0 radical (unpaired) electrons. The highest BCUT2D eigenvalue weighted by Crippen LogP contribution is 2.24. The van der Waals surface area contributed by atoms with Gasteiger partial charge in [0.1, 0.15) is 6.10 Å². The highest BCUT2D eigenvalue weighted by molar-refractivity contribution is 5.68. The maximum Gasteiger partial charge on any atom is 0.407 e. The number of likely N-dealkylation sites (tertiary alicyclic amines) is 1. The van der Waals surface area contributed by atoms with Crippen molar-refractivity contribution in [2.24, 2.45) is 0 Å². The van der Waals surface area contributed by atoms with E-state index >= 15 is 0 Å². The summed E-state index contributed by atoms with van der Waals surface area (Å²) >= 11 is 0. The topological polar surface area (TPSA) is 66.8 Å². The standard InChI is InChI=1S/C14H17NO4/c1-10(16)19-13-7-8-15(14(17)18)12(13)9-11-5-3-2-4-6-11/h2-6,12-13H,7-9H2,1H3,(H,17,18)/t12?,13-/m0/s1. The molecule has 5 heteroatoms. The van der Waals surface area contributed by atoms with Crippen LogP contribution in [0, 0.1) is 0 Å². The monoisotopic (exact) mass is 263 g/mol. The van der Waals surface area contributed by atoms with E-state index in [1.165, 1.54) is 11.8 Å². The van der Waals surface area contributed by atoms with E-state index in [4.69, 9.17) is 4.74 Å². The Morgan fingerprint density at radius 2 is 2.05 bits per heavy atom. The third-order valence-electron chi connectivity index (χ3n) is 3.33. The molecule has 0 aliphatic carbocycles. The summed E-state index contributed by atoms with van der Waals surface area (Å²) in [7, 11) is 0. The maximum atomic E-state index is 11.2. The van der Waals surface area contributed by atoms with Gasteiger partial charge < -0.3 is 14.7 Å². The van der Waals surface area contributed by atoms with Crippen molar-refractivity contribution in [3.8, 4) is 0 Å². The molecule has 0 spiro atoms. The number of benzene rings is 1. The summed E-state index contributed by atoms with van der Waals surface area (Å²) in [4.78, 5) is 23.7. The Hall–Kier alpha value is -2.04. The van der Waals surface area contributed by atoms with Crippen LogP contribution < -0.4 is 0 Å². The van der Waals surface area contributed by atoms with E-state index in [0.717, 1.165) is 5.56 Å². The first-order chi connectivity index (χ1) is 9.08. The van der Waals surface area contributed by atoms with Gasteiger partial charge in [-0.15, -0.1) is 0 Å². The zero-order chi connectivity index (χ0) is 13.8. The van der Waals surface area contributed by atoms with Crippen LogP contribution in [0.1, 0.15) is 18.9 Å². The van der Waals surface area contributed by atoms with Crippen LogP contribution in [0.25, 0.3) is 0 Å². The molecular formula is C14H17NO4. The molecule has 1 unspecified atom stereocenters. The smallest absolute Gasteiger partial charge is 0.407 e. The molecule has 1 amide bonds. The Labute approximate surface area is 111 Å². The summed E-state index contributed by atoms with van der Waals surface area (Å²) in [6.07, 6.45) is -0.196. The van der Waals surface area contributed by atoms with E-state index in [1.54, 1.807) is 0 Å². The van der Waals surface area contributed by atoms with Gasteiger partial charge in [-0.3, -0.25) is 4.79 Å². The lowest BCUT2D eigenvalue weighted by Gasteiger charge is -2.25. The predicted molar refractivity (Wildman–Crippen MR) is 68.8 cm³/mol.